The highest BCUT2D eigenvalue weighted by Crippen LogP contribution is 2.38. The van der Waals surface area contributed by atoms with Crippen molar-refractivity contribution in [1.29, 1.82) is 5.26 Å². The molecule has 282 valence electrons. The van der Waals surface area contributed by atoms with Crippen LogP contribution >= 0.6 is 0 Å². The molecule has 51 heavy (non-hydrogen) atoms. The number of carboxylic acid groups (broad SMARTS) is 1. The van der Waals surface area contributed by atoms with Crippen molar-refractivity contribution >= 4 is 23.9 Å². The highest BCUT2D eigenvalue weighted by Gasteiger charge is 2.55. The van der Waals surface area contributed by atoms with E-state index in [1.54, 1.807) is 25.7 Å². The Hall–Kier alpha value is -4.05. The predicted molar refractivity (Wildman–Crippen MR) is 178 cm³/mol. The monoisotopic (exact) mass is 719 g/mol. The summed E-state index contributed by atoms with van der Waals surface area (Å²) in [7, 11) is 1.34. The fourth-order valence-corrected chi connectivity index (χ4v) is 6.87. The van der Waals surface area contributed by atoms with E-state index in [4.69, 9.17) is 18.9 Å². The Labute approximate surface area is 296 Å². The van der Waals surface area contributed by atoms with Gasteiger partial charge in [-0.25, -0.2) is 9.59 Å². The van der Waals surface area contributed by atoms with E-state index >= 15 is 0 Å². The lowest BCUT2D eigenvalue weighted by Crippen LogP contribution is -2.68. The summed E-state index contributed by atoms with van der Waals surface area (Å²) >= 11 is 0. The molecule has 3 saturated heterocycles. The molecule has 1 aromatic carbocycles. The minimum atomic E-state index is -2.05. The zero-order valence-electron chi connectivity index (χ0n) is 29.6. The topological polar surface area (TPSA) is 240 Å². The fourth-order valence-electron chi connectivity index (χ4n) is 6.87. The summed E-state index contributed by atoms with van der Waals surface area (Å²) in [5.41, 5.74) is -3.04. The Kier molecular flexibility index (Phi) is 12.5. The zero-order valence-corrected chi connectivity index (χ0v) is 29.6. The number of amides is 3. The van der Waals surface area contributed by atoms with Crippen molar-refractivity contribution in [3.63, 3.8) is 0 Å². The van der Waals surface area contributed by atoms with Gasteiger partial charge in [-0.2, -0.15) is 5.26 Å². The number of aliphatic hydroxyl groups excluding tert-OH is 3. The first-order chi connectivity index (χ1) is 23.9. The molecule has 7 atom stereocenters. The second kappa shape index (κ2) is 16.1. The van der Waals surface area contributed by atoms with Gasteiger partial charge in [0.05, 0.1) is 49.7 Å². The first-order valence-corrected chi connectivity index (χ1v) is 16.8. The number of carbonyl (C=O) groups excluding carboxylic acids is 3. The summed E-state index contributed by atoms with van der Waals surface area (Å²) < 4.78 is 22.6. The van der Waals surface area contributed by atoms with Gasteiger partial charge < -0.3 is 54.9 Å². The van der Waals surface area contributed by atoms with Gasteiger partial charge in [-0.15, -0.1) is 0 Å². The van der Waals surface area contributed by atoms with Gasteiger partial charge in [-0.05, 0) is 45.4 Å². The standard InChI is InChI=1S/C34H49N5O12/c1-20(40)37-26-23(41)15-34(30(45)46,9-11-39-12-13-49-19-33(39)8-10-38(18-33)31(47)51-32(2,3)4)50-28(26)27(43)24(42)17-36-29(44)21-6-7-22(16-35)25(14-21)48-5/h6-7,14,23-24,26-28,41-43H,8-13,15,17-19H2,1-5H3,(H,36,44)(H,37,40)(H,45,46)/t23-,24+,26+,27+,28+,33-,34+/m0/s1. The second-order valence-electron chi connectivity index (χ2n) is 14.3. The van der Waals surface area contributed by atoms with Crippen LogP contribution in [0.5, 0.6) is 5.75 Å². The number of likely N-dealkylation sites (tertiary alicyclic amines) is 1. The first-order valence-electron chi connectivity index (χ1n) is 16.8. The van der Waals surface area contributed by atoms with Crippen LogP contribution in [0.15, 0.2) is 18.2 Å². The number of hydrogen-bond donors (Lipinski definition) is 6. The zero-order chi connectivity index (χ0) is 37.7. The number of rotatable bonds is 11. The Morgan fingerprint density at radius 3 is 2.55 bits per heavy atom. The van der Waals surface area contributed by atoms with Gasteiger partial charge in [0.25, 0.3) is 5.91 Å². The fraction of sp³-hybridized carbons (Fsp3) is 0.676. The van der Waals surface area contributed by atoms with Crippen molar-refractivity contribution in [2.75, 3.05) is 53.0 Å². The maximum atomic E-state index is 13.0. The number of carbonyl (C=O) groups is 4. The summed E-state index contributed by atoms with van der Waals surface area (Å²) in [5.74, 6) is -2.51. The van der Waals surface area contributed by atoms with Crippen molar-refractivity contribution in [3.05, 3.63) is 29.3 Å². The molecule has 17 nitrogen and oxygen atoms in total. The van der Waals surface area contributed by atoms with E-state index in [2.05, 4.69) is 15.5 Å². The van der Waals surface area contributed by atoms with E-state index in [0.717, 1.165) is 0 Å². The van der Waals surface area contributed by atoms with Crippen molar-refractivity contribution < 1.29 is 58.6 Å². The van der Waals surface area contributed by atoms with Crippen LogP contribution in [0.3, 0.4) is 0 Å². The third-order valence-electron chi connectivity index (χ3n) is 9.53. The van der Waals surface area contributed by atoms with E-state index in [-0.39, 0.29) is 29.8 Å². The number of ether oxygens (including phenoxy) is 4. The molecule has 17 heteroatoms. The molecule has 3 amide bonds. The average Bonchev–Trinajstić information content (AvgIpc) is 3.50. The number of carboxylic acids is 1. The number of benzene rings is 1. The lowest BCUT2D eigenvalue weighted by atomic mass is 9.81. The summed E-state index contributed by atoms with van der Waals surface area (Å²) in [6.07, 6.45) is -7.22. The third-order valence-corrected chi connectivity index (χ3v) is 9.53. The summed E-state index contributed by atoms with van der Waals surface area (Å²) in [6.45, 7) is 7.97. The summed E-state index contributed by atoms with van der Waals surface area (Å²) in [4.78, 5) is 54.4. The van der Waals surface area contributed by atoms with Gasteiger partial charge in [0, 0.05) is 58.1 Å². The molecule has 1 aromatic rings. The average molecular weight is 720 g/mol. The minimum absolute atomic E-state index is 0.107. The maximum absolute atomic E-state index is 13.0. The number of aliphatic carboxylic acids is 1. The third kappa shape index (κ3) is 9.25. The number of morpholine rings is 1. The molecule has 3 fully saturated rings. The number of aliphatic hydroxyl groups is 3. The number of nitriles is 1. The van der Waals surface area contributed by atoms with Crippen LogP contribution < -0.4 is 15.4 Å². The molecule has 0 saturated carbocycles. The normalized spacial score (nSPS) is 28.0. The predicted octanol–water partition coefficient (Wildman–Crippen LogP) is -0.402. The molecule has 0 aliphatic carbocycles. The highest BCUT2D eigenvalue weighted by molar-refractivity contribution is 5.94. The van der Waals surface area contributed by atoms with Gasteiger partial charge >= 0.3 is 12.1 Å². The molecule has 6 N–H and O–H groups in total. The van der Waals surface area contributed by atoms with E-state index < -0.39 is 84.0 Å². The van der Waals surface area contributed by atoms with E-state index in [0.29, 0.717) is 39.3 Å². The Morgan fingerprint density at radius 1 is 1.20 bits per heavy atom. The first kappa shape index (κ1) is 39.7. The van der Waals surface area contributed by atoms with Crippen molar-refractivity contribution in [3.8, 4) is 11.8 Å². The van der Waals surface area contributed by atoms with Gasteiger partial charge in [0.2, 0.25) is 5.91 Å². The van der Waals surface area contributed by atoms with Crippen LogP contribution in [0.25, 0.3) is 0 Å². The van der Waals surface area contributed by atoms with E-state index in [9.17, 15) is 44.9 Å². The van der Waals surface area contributed by atoms with Crippen LogP contribution in [-0.4, -0.2) is 154 Å². The molecular weight excluding hydrogens is 670 g/mol. The van der Waals surface area contributed by atoms with Crippen LogP contribution in [0, 0.1) is 11.3 Å². The molecule has 4 rings (SSSR count). The van der Waals surface area contributed by atoms with Crippen LogP contribution in [0.4, 0.5) is 4.79 Å². The molecule has 0 unspecified atom stereocenters. The number of methoxy groups -OCH3 is 1. The Morgan fingerprint density at radius 2 is 1.92 bits per heavy atom. The smallest absolute Gasteiger partial charge is 0.410 e. The summed E-state index contributed by atoms with van der Waals surface area (Å²) in [6, 6.07) is 4.75. The minimum Gasteiger partial charge on any atom is -0.495 e. The van der Waals surface area contributed by atoms with Gasteiger partial charge in [-0.1, -0.05) is 0 Å². The Bertz CT molecular complexity index is 1500. The van der Waals surface area contributed by atoms with Crippen molar-refractivity contribution in [1.82, 2.24) is 20.4 Å². The maximum Gasteiger partial charge on any atom is 0.410 e. The largest absolute Gasteiger partial charge is 0.495 e. The molecule has 1 spiro atoms. The van der Waals surface area contributed by atoms with Gasteiger partial charge in [0.15, 0.2) is 5.60 Å². The summed E-state index contributed by atoms with van der Waals surface area (Å²) in [5, 5.41) is 58.3. The Balaban J connectivity index is 1.50. The van der Waals surface area contributed by atoms with Crippen molar-refractivity contribution in [2.24, 2.45) is 0 Å². The molecule has 3 aliphatic heterocycles. The number of hydrogen-bond acceptors (Lipinski definition) is 13. The molecule has 0 bridgehead atoms. The van der Waals surface area contributed by atoms with Crippen LogP contribution in [-0.2, 0) is 23.8 Å². The van der Waals surface area contributed by atoms with E-state index in [1.165, 1.54) is 32.2 Å². The number of nitrogens with zero attached hydrogens (tertiary/aromatic N) is 3. The molecule has 0 aromatic heterocycles. The van der Waals surface area contributed by atoms with Crippen molar-refractivity contribution in [2.45, 2.75) is 94.2 Å². The van der Waals surface area contributed by atoms with Crippen LogP contribution in [0.2, 0.25) is 0 Å². The van der Waals surface area contributed by atoms with Gasteiger partial charge in [0.1, 0.15) is 29.6 Å². The SMILES string of the molecule is COc1cc(C(=O)NC[C@@H](O)[C@@H](O)[C@@H]2O[C@@](CCN3CCOC[C@@]34CCN(C(=O)OC(C)(C)C)C4)(C(=O)O)C[C@H](O)[C@H]2NC(C)=O)ccc1C#N. The quantitative estimate of drug-likeness (QED) is 0.171. The lowest BCUT2D eigenvalue weighted by Gasteiger charge is -2.49. The van der Waals surface area contributed by atoms with E-state index in [1.807, 2.05) is 6.07 Å². The number of nitrogens with one attached hydrogen (secondary N) is 2. The van der Waals surface area contributed by atoms with Gasteiger partial charge in [-0.3, -0.25) is 14.5 Å². The molecule has 3 heterocycles. The molecule has 0 radical (unpaired) electrons. The highest BCUT2D eigenvalue weighted by atomic mass is 16.6. The second-order valence-corrected chi connectivity index (χ2v) is 14.3. The molecular formula is C34H49N5O12. The molecule has 3 aliphatic rings. The van der Waals surface area contributed by atoms with Crippen LogP contribution in [0.1, 0.15) is 62.9 Å². The lowest BCUT2D eigenvalue weighted by molar-refractivity contribution is -0.231.